The third-order valence-electron chi connectivity index (χ3n) is 4.72. The summed E-state index contributed by atoms with van der Waals surface area (Å²) < 4.78 is 0.937. The number of thioether (sulfide) groups is 1. The van der Waals surface area contributed by atoms with Crippen molar-refractivity contribution < 1.29 is 9.59 Å². The Labute approximate surface area is 207 Å². The van der Waals surface area contributed by atoms with E-state index >= 15 is 0 Å². The number of hydrogen-bond donors (Lipinski definition) is 1. The Morgan fingerprint density at radius 2 is 1.90 bits per heavy atom. The van der Waals surface area contributed by atoms with Crippen molar-refractivity contribution in [1.82, 2.24) is 10.2 Å². The lowest BCUT2D eigenvalue weighted by atomic mass is 10.1. The molecule has 0 aliphatic rings. The van der Waals surface area contributed by atoms with Gasteiger partial charge in [-0.05, 0) is 48.7 Å². The minimum absolute atomic E-state index is 0.0804. The van der Waals surface area contributed by atoms with E-state index in [-0.39, 0.29) is 17.6 Å². The summed E-state index contributed by atoms with van der Waals surface area (Å²) in [4.78, 5) is 27.4. The maximum Gasteiger partial charge on any atom is 0.242 e. The molecule has 0 saturated heterocycles. The number of carbonyl (C=O) groups is 2. The van der Waals surface area contributed by atoms with E-state index in [2.05, 4.69) is 28.2 Å². The second-order valence-corrected chi connectivity index (χ2v) is 9.93. The summed E-state index contributed by atoms with van der Waals surface area (Å²) in [6.45, 7) is 4.84. The number of rotatable bonds is 11. The van der Waals surface area contributed by atoms with Gasteiger partial charge in [-0.2, -0.15) is 0 Å². The van der Waals surface area contributed by atoms with Crippen LogP contribution in [0.2, 0.25) is 10.0 Å². The average molecular weight is 546 g/mol. The lowest BCUT2D eigenvalue weighted by Gasteiger charge is -2.29. The number of halogens is 3. The molecular weight excluding hydrogens is 519 g/mol. The SMILES string of the molecule is CCCCNC(=O)C(C)N(Cc1cccc(Br)c1)C(=O)CSCc1ccc(Cl)c(Cl)c1. The molecule has 0 bridgehead atoms. The van der Waals surface area contributed by atoms with Gasteiger partial charge in [-0.3, -0.25) is 9.59 Å². The summed E-state index contributed by atoms with van der Waals surface area (Å²) in [6.07, 6.45) is 1.91. The van der Waals surface area contributed by atoms with Crippen LogP contribution < -0.4 is 5.32 Å². The van der Waals surface area contributed by atoms with Crippen LogP contribution in [-0.2, 0) is 21.9 Å². The molecule has 0 aliphatic heterocycles. The highest BCUT2D eigenvalue weighted by atomic mass is 79.9. The maximum atomic E-state index is 13.1. The highest BCUT2D eigenvalue weighted by molar-refractivity contribution is 9.10. The molecule has 0 fully saturated rings. The number of nitrogens with zero attached hydrogens (tertiary/aromatic N) is 1. The van der Waals surface area contributed by atoms with E-state index in [0.717, 1.165) is 28.4 Å². The summed E-state index contributed by atoms with van der Waals surface area (Å²) in [6, 6.07) is 12.7. The zero-order chi connectivity index (χ0) is 22.8. The van der Waals surface area contributed by atoms with E-state index in [1.165, 1.54) is 11.8 Å². The highest BCUT2D eigenvalue weighted by Crippen LogP contribution is 2.25. The molecule has 0 aromatic heterocycles. The Kier molecular flexibility index (Phi) is 11.2. The first-order valence-electron chi connectivity index (χ1n) is 10.1. The second kappa shape index (κ2) is 13.4. The molecule has 0 radical (unpaired) electrons. The molecule has 2 amide bonds. The van der Waals surface area contributed by atoms with Crippen LogP contribution in [0.15, 0.2) is 46.9 Å². The van der Waals surface area contributed by atoms with Crippen LogP contribution in [0.25, 0.3) is 0 Å². The highest BCUT2D eigenvalue weighted by Gasteiger charge is 2.25. The molecule has 2 aromatic carbocycles. The van der Waals surface area contributed by atoms with Crippen LogP contribution in [0.5, 0.6) is 0 Å². The van der Waals surface area contributed by atoms with E-state index in [0.29, 0.717) is 28.9 Å². The number of unbranched alkanes of at least 4 members (excludes halogenated alkanes) is 1. The zero-order valence-corrected chi connectivity index (χ0v) is 21.6. The standard InChI is InChI=1S/C23H27BrCl2N2O2S/c1-3-4-10-27-23(30)16(2)28(13-17-6-5-7-19(24)11-17)22(29)15-31-14-18-8-9-20(25)21(26)12-18/h5-9,11-12,16H,3-4,10,13-15H2,1-2H3,(H,27,30). The Bertz CT molecular complexity index is 898. The monoisotopic (exact) mass is 544 g/mol. The van der Waals surface area contributed by atoms with Gasteiger partial charge in [0.1, 0.15) is 6.04 Å². The summed E-state index contributed by atoms with van der Waals surface area (Å²) in [7, 11) is 0. The van der Waals surface area contributed by atoms with Gasteiger partial charge in [0, 0.05) is 23.3 Å². The summed E-state index contributed by atoms with van der Waals surface area (Å²) in [5.74, 6) is 0.681. The van der Waals surface area contributed by atoms with E-state index in [4.69, 9.17) is 23.2 Å². The fourth-order valence-electron chi connectivity index (χ4n) is 2.92. The predicted octanol–water partition coefficient (Wildman–Crippen LogP) is 6.32. The molecule has 1 N–H and O–H groups in total. The molecule has 31 heavy (non-hydrogen) atoms. The van der Waals surface area contributed by atoms with Crippen LogP contribution in [0.4, 0.5) is 0 Å². The molecule has 1 atom stereocenters. The van der Waals surface area contributed by atoms with Crippen molar-refractivity contribution in [2.75, 3.05) is 12.3 Å². The molecule has 8 heteroatoms. The Morgan fingerprint density at radius 3 is 2.58 bits per heavy atom. The molecule has 4 nitrogen and oxygen atoms in total. The van der Waals surface area contributed by atoms with Gasteiger partial charge in [0.05, 0.1) is 15.8 Å². The largest absolute Gasteiger partial charge is 0.354 e. The second-order valence-electron chi connectivity index (χ2n) is 7.21. The van der Waals surface area contributed by atoms with Gasteiger partial charge < -0.3 is 10.2 Å². The smallest absolute Gasteiger partial charge is 0.242 e. The lowest BCUT2D eigenvalue weighted by Crippen LogP contribution is -2.48. The van der Waals surface area contributed by atoms with Gasteiger partial charge >= 0.3 is 0 Å². The molecule has 2 aromatic rings. The van der Waals surface area contributed by atoms with Crippen molar-refractivity contribution in [3.8, 4) is 0 Å². The third-order valence-corrected chi connectivity index (χ3v) is 6.94. The quantitative estimate of drug-likeness (QED) is 0.336. The van der Waals surface area contributed by atoms with E-state index < -0.39 is 6.04 Å². The molecule has 0 heterocycles. The van der Waals surface area contributed by atoms with Crippen molar-refractivity contribution in [3.05, 3.63) is 68.1 Å². The molecule has 0 aliphatic carbocycles. The first-order chi connectivity index (χ1) is 14.8. The Morgan fingerprint density at radius 1 is 1.13 bits per heavy atom. The van der Waals surface area contributed by atoms with E-state index in [1.807, 2.05) is 36.4 Å². The number of benzene rings is 2. The van der Waals surface area contributed by atoms with Gasteiger partial charge in [0.15, 0.2) is 0 Å². The third kappa shape index (κ3) is 8.68. The summed E-state index contributed by atoms with van der Waals surface area (Å²) in [5.41, 5.74) is 1.96. The summed E-state index contributed by atoms with van der Waals surface area (Å²) >= 11 is 17.0. The number of hydrogen-bond acceptors (Lipinski definition) is 3. The minimum Gasteiger partial charge on any atom is -0.354 e. The normalized spacial score (nSPS) is 11.8. The van der Waals surface area contributed by atoms with Crippen molar-refractivity contribution >= 4 is 62.7 Å². The molecule has 2 rings (SSSR count). The molecule has 0 saturated carbocycles. The molecule has 0 spiro atoms. The topological polar surface area (TPSA) is 49.4 Å². The molecular formula is C23H27BrCl2N2O2S. The van der Waals surface area contributed by atoms with Crippen molar-refractivity contribution in [3.63, 3.8) is 0 Å². The van der Waals surface area contributed by atoms with Crippen LogP contribution in [0, 0.1) is 0 Å². The molecule has 1 unspecified atom stereocenters. The summed E-state index contributed by atoms with van der Waals surface area (Å²) in [5, 5.41) is 3.94. The lowest BCUT2D eigenvalue weighted by molar-refractivity contribution is -0.138. The van der Waals surface area contributed by atoms with Crippen LogP contribution in [0.3, 0.4) is 0 Å². The Balaban J connectivity index is 2.05. The number of carbonyl (C=O) groups excluding carboxylic acids is 2. The predicted molar refractivity (Wildman–Crippen MR) is 135 cm³/mol. The van der Waals surface area contributed by atoms with Gasteiger partial charge in [-0.15, -0.1) is 11.8 Å². The van der Waals surface area contributed by atoms with E-state index in [9.17, 15) is 9.59 Å². The fraction of sp³-hybridized carbons (Fsp3) is 0.391. The molecule has 168 valence electrons. The number of nitrogens with one attached hydrogen (secondary N) is 1. The maximum absolute atomic E-state index is 13.1. The van der Waals surface area contributed by atoms with Gasteiger partial charge in [0.2, 0.25) is 11.8 Å². The minimum atomic E-state index is -0.561. The average Bonchev–Trinajstić information content (AvgIpc) is 2.74. The first-order valence-corrected chi connectivity index (χ1v) is 12.9. The van der Waals surface area contributed by atoms with Gasteiger partial charge in [-0.1, -0.05) is 70.7 Å². The first kappa shape index (κ1) is 26.0. The van der Waals surface area contributed by atoms with Gasteiger partial charge in [-0.25, -0.2) is 0 Å². The van der Waals surface area contributed by atoms with E-state index in [1.54, 1.807) is 17.9 Å². The van der Waals surface area contributed by atoms with Crippen molar-refractivity contribution in [1.29, 1.82) is 0 Å². The zero-order valence-electron chi connectivity index (χ0n) is 17.7. The van der Waals surface area contributed by atoms with Crippen molar-refractivity contribution in [2.24, 2.45) is 0 Å². The van der Waals surface area contributed by atoms with Gasteiger partial charge in [0.25, 0.3) is 0 Å². The van der Waals surface area contributed by atoms with Crippen LogP contribution >= 0.6 is 50.9 Å². The Hall–Kier alpha value is -1.21. The van der Waals surface area contributed by atoms with Crippen LogP contribution in [-0.4, -0.2) is 35.1 Å². The fourth-order valence-corrected chi connectivity index (χ4v) is 4.54. The van der Waals surface area contributed by atoms with Crippen molar-refractivity contribution in [2.45, 2.75) is 45.0 Å². The van der Waals surface area contributed by atoms with Crippen LogP contribution in [0.1, 0.15) is 37.8 Å². The number of amides is 2.